The van der Waals surface area contributed by atoms with E-state index in [1.54, 1.807) is 12.1 Å². The Balaban J connectivity index is 2.09. The van der Waals surface area contributed by atoms with Gasteiger partial charge in [0.15, 0.2) is 0 Å². The van der Waals surface area contributed by atoms with Crippen molar-refractivity contribution in [1.82, 2.24) is 4.90 Å². The molecule has 124 valence electrons. The molecule has 2 rings (SSSR count). The van der Waals surface area contributed by atoms with Crippen molar-refractivity contribution in [2.45, 2.75) is 32.3 Å². The van der Waals surface area contributed by atoms with Crippen molar-refractivity contribution >= 4 is 0 Å². The van der Waals surface area contributed by atoms with Gasteiger partial charge in [-0.15, -0.1) is 13.2 Å². The van der Waals surface area contributed by atoms with Crippen molar-refractivity contribution in [2.24, 2.45) is 0 Å². The molecule has 0 fully saturated rings. The van der Waals surface area contributed by atoms with E-state index in [1.807, 2.05) is 32.2 Å². The van der Waals surface area contributed by atoms with Crippen LogP contribution in [0.5, 0.6) is 5.75 Å². The van der Waals surface area contributed by atoms with Crippen LogP contribution >= 0.6 is 0 Å². The standard InChI is InChI=1S/C18H20F3NO/c1-13(15-7-5-4-6-8-15)22(3)14(2)16-9-11-17(12-10-16)23-18(19,20)21/h4-14H,1-3H3. The summed E-state index contributed by atoms with van der Waals surface area (Å²) in [6, 6.07) is 16.4. The Kier molecular flexibility index (Phi) is 5.31. The molecule has 0 aliphatic carbocycles. The topological polar surface area (TPSA) is 12.5 Å². The van der Waals surface area contributed by atoms with E-state index in [4.69, 9.17) is 0 Å². The average Bonchev–Trinajstić information content (AvgIpc) is 2.53. The lowest BCUT2D eigenvalue weighted by molar-refractivity contribution is -0.274. The molecule has 2 aromatic carbocycles. The van der Waals surface area contributed by atoms with Crippen LogP contribution in [-0.2, 0) is 0 Å². The van der Waals surface area contributed by atoms with Gasteiger partial charge in [-0.05, 0) is 44.2 Å². The van der Waals surface area contributed by atoms with Crippen molar-refractivity contribution < 1.29 is 17.9 Å². The molecule has 2 aromatic rings. The number of hydrogen-bond acceptors (Lipinski definition) is 2. The van der Waals surface area contributed by atoms with Crippen molar-refractivity contribution in [3.63, 3.8) is 0 Å². The van der Waals surface area contributed by atoms with Gasteiger partial charge in [0.25, 0.3) is 0 Å². The van der Waals surface area contributed by atoms with Crippen molar-refractivity contribution in [3.05, 3.63) is 65.7 Å². The monoisotopic (exact) mass is 323 g/mol. The molecule has 0 amide bonds. The molecule has 0 aliphatic rings. The Hall–Kier alpha value is -2.01. The number of nitrogens with zero attached hydrogens (tertiary/aromatic N) is 1. The first-order valence-corrected chi connectivity index (χ1v) is 7.40. The first kappa shape index (κ1) is 17.3. The van der Waals surface area contributed by atoms with Gasteiger partial charge in [0.05, 0.1) is 0 Å². The molecule has 0 saturated heterocycles. The Labute approximate surface area is 134 Å². The number of ether oxygens (including phenoxy) is 1. The highest BCUT2D eigenvalue weighted by molar-refractivity contribution is 5.29. The number of rotatable bonds is 5. The lowest BCUT2D eigenvalue weighted by Crippen LogP contribution is -2.25. The maximum atomic E-state index is 12.2. The van der Waals surface area contributed by atoms with E-state index >= 15 is 0 Å². The molecule has 2 unspecified atom stereocenters. The molecule has 0 saturated carbocycles. The molecule has 0 heterocycles. The van der Waals surface area contributed by atoms with Crippen molar-refractivity contribution in [2.75, 3.05) is 7.05 Å². The summed E-state index contributed by atoms with van der Waals surface area (Å²) in [6.07, 6.45) is -4.66. The van der Waals surface area contributed by atoms with E-state index in [0.29, 0.717) is 0 Å². The van der Waals surface area contributed by atoms with Crippen LogP contribution in [0.1, 0.15) is 37.1 Å². The maximum absolute atomic E-state index is 12.2. The second kappa shape index (κ2) is 7.04. The highest BCUT2D eigenvalue weighted by atomic mass is 19.4. The van der Waals surface area contributed by atoms with Crippen molar-refractivity contribution in [1.29, 1.82) is 0 Å². The summed E-state index contributed by atoms with van der Waals surface area (Å²) in [7, 11) is 2.00. The zero-order valence-corrected chi connectivity index (χ0v) is 13.3. The highest BCUT2D eigenvalue weighted by Crippen LogP contribution is 2.30. The van der Waals surface area contributed by atoms with Gasteiger partial charge >= 0.3 is 6.36 Å². The SMILES string of the molecule is CC(c1ccccc1)N(C)C(C)c1ccc(OC(F)(F)F)cc1. The van der Waals surface area contributed by atoms with Crippen molar-refractivity contribution in [3.8, 4) is 5.75 Å². The molecule has 0 aliphatic heterocycles. The fourth-order valence-electron chi connectivity index (χ4n) is 2.49. The largest absolute Gasteiger partial charge is 0.573 e. The fourth-order valence-corrected chi connectivity index (χ4v) is 2.49. The Morgan fingerprint density at radius 2 is 1.30 bits per heavy atom. The predicted octanol–water partition coefficient (Wildman–Crippen LogP) is 5.34. The summed E-state index contributed by atoms with van der Waals surface area (Å²) in [6.45, 7) is 4.13. The molecule has 2 nitrogen and oxygen atoms in total. The van der Waals surface area contributed by atoms with Gasteiger partial charge in [-0.25, -0.2) is 0 Å². The van der Waals surface area contributed by atoms with Gasteiger partial charge in [0.2, 0.25) is 0 Å². The summed E-state index contributed by atoms with van der Waals surface area (Å²) in [5.41, 5.74) is 2.13. The van der Waals surface area contributed by atoms with E-state index in [2.05, 4.69) is 28.7 Å². The Morgan fingerprint density at radius 1 is 0.826 bits per heavy atom. The first-order valence-electron chi connectivity index (χ1n) is 7.40. The molecule has 0 N–H and O–H groups in total. The van der Waals surface area contributed by atoms with E-state index < -0.39 is 6.36 Å². The minimum atomic E-state index is -4.66. The van der Waals surface area contributed by atoms with E-state index in [-0.39, 0.29) is 17.8 Å². The second-order valence-corrected chi connectivity index (χ2v) is 5.54. The van der Waals surface area contributed by atoms with Crippen LogP contribution in [0.4, 0.5) is 13.2 Å². The molecule has 23 heavy (non-hydrogen) atoms. The minimum absolute atomic E-state index is 0.0603. The molecule has 0 spiro atoms. The highest BCUT2D eigenvalue weighted by Gasteiger charge is 2.31. The van der Waals surface area contributed by atoms with E-state index in [9.17, 15) is 13.2 Å². The van der Waals surface area contributed by atoms with Gasteiger partial charge in [-0.1, -0.05) is 42.5 Å². The zero-order valence-electron chi connectivity index (χ0n) is 13.3. The van der Waals surface area contributed by atoms with Crippen LogP contribution in [0.2, 0.25) is 0 Å². The van der Waals surface area contributed by atoms with Gasteiger partial charge in [0, 0.05) is 12.1 Å². The maximum Gasteiger partial charge on any atom is 0.573 e. The first-order chi connectivity index (χ1) is 10.8. The van der Waals surface area contributed by atoms with Gasteiger partial charge in [-0.3, -0.25) is 4.90 Å². The average molecular weight is 323 g/mol. The fraction of sp³-hybridized carbons (Fsp3) is 0.333. The number of benzene rings is 2. The summed E-state index contributed by atoms with van der Waals surface area (Å²) < 4.78 is 40.5. The molecular formula is C18H20F3NO. The zero-order chi connectivity index (χ0) is 17.0. The molecular weight excluding hydrogens is 303 g/mol. The smallest absolute Gasteiger partial charge is 0.406 e. The lowest BCUT2D eigenvalue weighted by atomic mass is 10.0. The second-order valence-electron chi connectivity index (χ2n) is 5.54. The van der Waals surface area contributed by atoms with Crippen LogP contribution in [0, 0.1) is 0 Å². The molecule has 0 radical (unpaired) electrons. The normalized spacial score (nSPS) is 14.6. The molecule has 2 atom stereocenters. The molecule has 0 bridgehead atoms. The van der Waals surface area contributed by atoms with Crippen LogP contribution in [0.3, 0.4) is 0 Å². The summed E-state index contributed by atoms with van der Waals surface area (Å²) in [5.74, 6) is -0.202. The summed E-state index contributed by atoms with van der Waals surface area (Å²) in [5, 5.41) is 0. The third kappa shape index (κ3) is 4.73. The minimum Gasteiger partial charge on any atom is -0.406 e. The summed E-state index contributed by atoms with van der Waals surface area (Å²) in [4.78, 5) is 2.18. The lowest BCUT2D eigenvalue weighted by Gasteiger charge is -2.31. The van der Waals surface area contributed by atoms with Gasteiger partial charge < -0.3 is 4.74 Å². The summed E-state index contributed by atoms with van der Waals surface area (Å²) >= 11 is 0. The van der Waals surface area contributed by atoms with Crippen LogP contribution in [-0.4, -0.2) is 18.3 Å². The number of alkyl halides is 3. The van der Waals surface area contributed by atoms with Crippen LogP contribution < -0.4 is 4.74 Å². The Bertz CT molecular complexity index is 610. The van der Waals surface area contributed by atoms with Gasteiger partial charge in [-0.2, -0.15) is 0 Å². The molecule has 5 heteroatoms. The van der Waals surface area contributed by atoms with Crippen LogP contribution in [0.25, 0.3) is 0 Å². The van der Waals surface area contributed by atoms with Gasteiger partial charge in [0.1, 0.15) is 5.75 Å². The molecule has 0 aromatic heterocycles. The number of hydrogen-bond donors (Lipinski definition) is 0. The predicted molar refractivity (Wildman–Crippen MR) is 84.2 cm³/mol. The quantitative estimate of drug-likeness (QED) is 0.736. The van der Waals surface area contributed by atoms with Crippen LogP contribution in [0.15, 0.2) is 54.6 Å². The van der Waals surface area contributed by atoms with E-state index in [0.717, 1.165) is 5.56 Å². The third-order valence-electron chi connectivity index (χ3n) is 4.10. The number of halogens is 3. The Morgan fingerprint density at radius 3 is 1.78 bits per heavy atom. The third-order valence-corrected chi connectivity index (χ3v) is 4.10. The van der Waals surface area contributed by atoms with E-state index in [1.165, 1.54) is 17.7 Å².